The summed E-state index contributed by atoms with van der Waals surface area (Å²) >= 11 is 0. The maximum atomic E-state index is 10.8. The minimum absolute atomic E-state index is 0.107. The fraction of sp³-hybridized carbons (Fsp3) is 0.700. The average Bonchev–Trinajstić information content (AvgIpc) is 2.78. The molecule has 4 rings (SSSR count). The second-order valence-corrected chi connectivity index (χ2v) is 8.19. The number of hydrogen-bond donors (Lipinski definition) is 2. The van der Waals surface area contributed by atoms with Gasteiger partial charge in [0.25, 0.3) is 0 Å². The molecule has 22 heavy (non-hydrogen) atoms. The number of phenols is 1. The molecule has 0 heterocycles. The molecule has 2 fully saturated rings. The van der Waals surface area contributed by atoms with Crippen LogP contribution in [0.4, 0.5) is 0 Å². The van der Waals surface area contributed by atoms with Gasteiger partial charge < -0.3 is 10.2 Å². The Morgan fingerprint density at radius 2 is 2.09 bits per heavy atom. The third kappa shape index (κ3) is 1.89. The lowest BCUT2D eigenvalue weighted by Gasteiger charge is -2.50. The zero-order valence-electron chi connectivity index (χ0n) is 13.8. The molecule has 2 heteroatoms. The van der Waals surface area contributed by atoms with Crippen LogP contribution in [0.15, 0.2) is 18.2 Å². The highest BCUT2D eigenvalue weighted by Crippen LogP contribution is 2.62. The average molecular weight is 300 g/mol. The van der Waals surface area contributed by atoms with Gasteiger partial charge in [0.15, 0.2) is 0 Å². The molecule has 3 aliphatic carbocycles. The molecule has 0 spiro atoms. The number of hydrogen-bond acceptors (Lipinski definition) is 2. The summed E-state index contributed by atoms with van der Waals surface area (Å²) in [5.41, 5.74) is 2.97. The third-order valence-electron chi connectivity index (χ3n) is 7.35. The topological polar surface area (TPSA) is 40.5 Å². The van der Waals surface area contributed by atoms with Gasteiger partial charge in [-0.2, -0.15) is 0 Å². The van der Waals surface area contributed by atoms with Gasteiger partial charge in [0.1, 0.15) is 5.75 Å². The second kappa shape index (κ2) is 4.99. The lowest BCUT2D eigenvalue weighted by molar-refractivity contribution is -0.0329. The van der Waals surface area contributed by atoms with Crippen molar-refractivity contribution in [3.05, 3.63) is 29.3 Å². The minimum atomic E-state index is -0.107. The molecule has 2 nitrogen and oxygen atoms in total. The van der Waals surface area contributed by atoms with Crippen molar-refractivity contribution in [1.29, 1.82) is 0 Å². The lowest BCUT2D eigenvalue weighted by Crippen LogP contribution is -2.44. The van der Waals surface area contributed by atoms with Crippen LogP contribution in [0.2, 0.25) is 0 Å². The molecule has 120 valence electrons. The zero-order chi connectivity index (χ0) is 15.5. The number of rotatable bonds is 1. The van der Waals surface area contributed by atoms with Gasteiger partial charge in [0, 0.05) is 0 Å². The van der Waals surface area contributed by atoms with Crippen LogP contribution in [-0.2, 0) is 6.42 Å². The van der Waals surface area contributed by atoms with Crippen molar-refractivity contribution in [2.75, 3.05) is 0 Å². The molecule has 2 N–H and O–H groups in total. The van der Waals surface area contributed by atoms with Crippen molar-refractivity contribution in [3.63, 3.8) is 0 Å². The molecule has 0 aromatic heterocycles. The highest BCUT2D eigenvalue weighted by molar-refractivity contribution is 5.40. The van der Waals surface area contributed by atoms with Gasteiger partial charge in [0.05, 0.1) is 6.10 Å². The summed E-state index contributed by atoms with van der Waals surface area (Å²) < 4.78 is 0. The summed E-state index contributed by atoms with van der Waals surface area (Å²) in [5, 5.41) is 20.6. The van der Waals surface area contributed by atoms with Crippen molar-refractivity contribution in [2.24, 2.45) is 23.2 Å². The molecule has 1 aromatic carbocycles. The molecule has 0 amide bonds. The van der Waals surface area contributed by atoms with Crippen molar-refractivity contribution < 1.29 is 10.2 Å². The summed E-state index contributed by atoms with van der Waals surface area (Å²) in [7, 11) is 0. The van der Waals surface area contributed by atoms with Crippen LogP contribution in [0.5, 0.6) is 5.75 Å². The number of aromatic hydroxyl groups is 1. The van der Waals surface area contributed by atoms with Crippen molar-refractivity contribution in [3.8, 4) is 5.75 Å². The van der Waals surface area contributed by atoms with Crippen LogP contribution in [-0.4, -0.2) is 16.3 Å². The summed E-state index contributed by atoms with van der Waals surface area (Å²) in [4.78, 5) is 0. The van der Waals surface area contributed by atoms with Gasteiger partial charge in [-0.25, -0.2) is 0 Å². The standard InChI is InChI=1S/C20H28O2/c1-3-12-11-18-17-6-4-13-10-14(21)5-7-15(13)16(17)8-9-20(18,2)19(12)22/h5,7,10,12,16-19,21-22H,3-4,6,8-9,11H2,1-2H3/t12?,16?,17?,18?,19-,20-/m0/s1. The van der Waals surface area contributed by atoms with E-state index in [1.54, 1.807) is 0 Å². The lowest BCUT2D eigenvalue weighted by atomic mass is 9.55. The van der Waals surface area contributed by atoms with Crippen molar-refractivity contribution in [1.82, 2.24) is 0 Å². The van der Waals surface area contributed by atoms with E-state index in [2.05, 4.69) is 19.9 Å². The van der Waals surface area contributed by atoms with Gasteiger partial charge in [-0.15, -0.1) is 0 Å². The van der Waals surface area contributed by atoms with Gasteiger partial charge in [-0.05, 0) is 84.5 Å². The Kier molecular flexibility index (Phi) is 3.30. The quantitative estimate of drug-likeness (QED) is 0.814. The first kappa shape index (κ1) is 14.6. The first-order chi connectivity index (χ1) is 10.5. The Bertz CT molecular complexity index is 581. The first-order valence-electron chi connectivity index (χ1n) is 9.04. The Hall–Kier alpha value is -1.02. The molecule has 2 saturated carbocycles. The van der Waals surface area contributed by atoms with Gasteiger partial charge in [-0.1, -0.05) is 26.3 Å². The molecule has 1 aromatic rings. The Morgan fingerprint density at radius 3 is 2.86 bits per heavy atom. The van der Waals surface area contributed by atoms with Crippen molar-refractivity contribution in [2.45, 2.75) is 64.4 Å². The van der Waals surface area contributed by atoms with Crippen LogP contribution < -0.4 is 0 Å². The van der Waals surface area contributed by atoms with Crippen LogP contribution in [0.3, 0.4) is 0 Å². The van der Waals surface area contributed by atoms with E-state index in [1.807, 2.05) is 12.1 Å². The molecule has 6 atom stereocenters. The molecule has 0 bridgehead atoms. The van der Waals surface area contributed by atoms with E-state index < -0.39 is 0 Å². The fourth-order valence-electron chi connectivity index (χ4n) is 6.11. The van der Waals surface area contributed by atoms with Crippen molar-refractivity contribution >= 4 is 0 Å². The summed E-state index contributed by atoms with van der Waals surface area (Å²) in [6.07, 6.45) is 6.87. The van der Waals surface area contributed by atoms with E-state index in [0.717, 1.165) is 25.2 Å². The minimum Gasteiger partial charge on any atom is -0.508 e. The molecule has 0 radical (unpaired) electrons. The summed E-state index contributed by atoms with van der Waals surface area (Å²) in [5.74, 6) is 2.94. The van der Waals surface area contributed by atoms with E-state index in [4.69, 9.17) is 0 Å². The smallest absolute Gasteiger partial charge is 0.115 e. The Labute approximate surface area is 133 Å². The Balaban J connectivity index is 1.69. The monoisotopic (exact) mass is 300 g/mol. The maximum Gasteiger partial charge on any atom is 0.115 e. The largest absolute Gasteiger partial charge is 0.508 e. The molecular formula is C20H28O2. The van der Waals surface area contributed by atoms with E-state index in [1.165, 1.54) is 30.4 Å². The number of aryl methyl sites for hydroxylation is 1. The third-order valence-corrected chi connectivity index (χ3v) is 7.35. The summed E-state index contributed by atoms with van der Waals surface area (Å²) in [6, 6.07) is 5.98. The highest BCUT2D eigenvalue weighted by atomic mass is 16.3. The predicted molar refractivity (Wildman–Crippen MR) is 87.9 cm³/mol. The summed E-state index contributed by atoms with van der Waals surface area (Å²) in [6.45, 7) is 4.57. The number of benzene rings is 1. The van der Waals surface area contributed by atoms with E-state index >= 15 is 0 Å². The van der Waals surface area contributed by atoms with Gasteiger partial charge in [-0.3, -0.25) is 0 Å². The molecule has 0 aliphatic heterocycles. The van der Waals surface area contributed by atoms with E-state index in [0.29, 0.717) is 23.5 Å². The SMILES string of the molecule is CCC1CC2C3CCc4cc(O)ccc4C3CC[C@]2(C)[C@H]1O. The number of phenolic OH excluding ortho intramolecular Hbond substituents is 1. The molecule has 4 unspecified atom stereocenters. The molecular weight excluding hydrogens is 272 g/mol. The highest BCUT2D eigenvalue weighted by Gasteiger charge is 2.57. The maximum absolute atomic E-state index is 10.8. The number of aliphatic hydroxyl groups is 1. The Morgan fingerprint density at radius 1 is 1.27 bits per heavy atom. The van der Waals surface area contributed by atoms with E-state index in [9.17, 15) is 10.2 Å². The number of fused-ring (bicyclic) bond motifs is 5. The van der Waals surface area contributed by atoms with Crippen LogP contribution in [0.25, 0.3) is 0 Å². The van der Waals surface area contributed by atoms with E-state index in [-0.39, 0.29) is 11.5 Å². The van der Waals surface area contributed by atoms with Crippen LogP contribution >= 0.6 is 0 Å². The second-order valence-electron chi connectivity index (χ2n) is 8.19. The first-order valence-corrected chi connectivity index (χ1v) is 9.04. The number of aliphatic hydroxyl groups excluding tert-OH is 1. The van der Waals surface area contributed by atoms with Crippen LogP contribution in [0, 0.1) is 23.2 Å². The molecule has 3 aliphatic rings. The molecule has 0 saturated heterocycles. The zero-order valence-corrected chi connectivity index (χ0v) is 13.8. The normalized spacial score (nSPS) is 43.3. The van der Waals surface area contributed by atoms with Gasteiger partial charge >= 0.3 is 0 Å². The predicted octanol–water partition coefficient (Wildman–Crippen LogP) is 4.25. The fourth-order valence-corrected chi connectivity index (χ4v) is 6.11. The van der Waals surface area contributed by atoms with Gasteiger partial charge in [0.2, 0.25) is 0 Å². The van der Waals surface area contributed by atoms with Crippen LogP contribution in [0.1, 0.15) is 63.0 Å².